The molecule has 32 heavy (non-hydrogen) atoms. The largest absolute Gasteiger partial charge is 0.487 e. The molecule has 3 rings (SSSR count). The zero-order valence-corrected chi connectivity index (χ0v) is 20.2. The Bertz CT molecular complexity index is 1030. The minimum Gasteiger partial charge on any atom is -0.487 e. The highest BCUT2D eigenvalue weighted by Gasteiger charge is 2.38. The molecule has 6 nitrogen and oxygen atoms in total. The molecule has 0 spiro atoms. The number of fused-ring (bicyclic) bond motifs is 1. The molecule has 0 aliphatic carbocycles. The van der Waals surface area contributed by atoms with Gasteiger partial charge >= 0.3 is 0 Å². The first kappa shape index (κ1) is 24.1. The number of sulfonamides is 1. The molecule has 1 aliphatic heterocycles. The summed E-state index contributed by atoms with van der Waals surface area (Å²) in [6.07, 6.45) is 4.34. The van der Waals surface area contributed by atoms with Crippen molar-refractivity contribution < 1.29 is 17.9 Å². The van der Waals surface area contributed by atoms with Gasteiger partial charge in [-0.15, -0.1) is 0 Å². The highest BCUT2D eigenvalue weighted by atomic mass is 32.2. The van der Waals surface area contributed by atoms with Gasteiger partial charge < -0.3 is 10.1 Å². The molecule has 1 amide bonds. The van der Waals surface area contributed by atoms with Crippen LogP contribution in [-0.4, -0.2) is 32.7 Å². The first-order chi connectivity index (χ1) is 15.2. The lowest BCUT2D eigenvalue weighted by Gasteiger charge is -2.41. The maximum Gasteiger partial charge on any atom is 0.232 e. The number of carbonyl (C=O) groups excluding carboxylic acids is 1. The summed E-state index contributed by atoms with van der Waals surface area (Å²) in [5.41, 5.74) is 2.39. The predicted octanol–water partition coefficient (Wildman–Crippen LogP) is 4.74. The minimum absolute atomic E-state index is 0.0785. The van der Waals surface area contributed by atoms with Gasteiger partial charge in [0.2, 0.25) is 15.9 Å². The van der Waals surface area contributed by atoms with E-state index in [2.05, 4.69) is 19.2 Å². The first-order valence-corrected chi connectivity index (χ1v) is 13.1. The van der Waals surface area contributed by atoms with E-state index in [0.29, 0.717) is 12.1 Å². The van der Waals surface area contributed by atoms with Crippen LogP contribution in [0.2, 0.25) is 0 Å². The quantitative estimate of drug-likeness (QED) is 0.589. The highest BCUT2D eigenvalue weighted by molar-refractivity contribution is 7.92. The lowest BCUT2D eigenvalue weighted by atomic mass is 9.83. The third kappa shape index (κ3) is 5.63. The van der Waals surface area contributed by atoms with Gasteiger partial charge in [-0.3, -0.25) is 9.10 Å². The van der Waals surface area contributed by atoms with Crippen molar-refractivity contribution in [2.75, 3.05) is 17.1 Å². The number of aryl methyl sites for hydroxylation is 1. The fourth-order valence-corrected chi connectivity index (χ4v) is 5.24. The van der Waals surface area contributed by atoms with Crippen molar-refractivity contribution in [2.45, 2.75) is 64.5 Å². The van der Waals surface area contributed by atoms with Crippen LogP contribution in [0.25, 0.3) is 0 Å². The summed E-state index contributed by atoms with van der Waals surface area (Å²) in [6.45, 7) is 6.44. The lowest BCUT2D eigenvalue weighted by Crippen LogP contribution is -2.44. The Morgan fingerprint density at radius 1 is 1.12 bits per heavy atom. The van der Waals surface area contributed by atoms with E-state index in [1.165, 1.54) is 10.6 Å². The zero-order valence-electron chi connectivity index (χ0n) is 19.4. The van der Waals surface area contributed by atoms with Crippen LogP contribution in [0.15, 0.2) is 48.5 Å². The number of ether oxygens (including phenoxy) is 1. The average molecular weight is 459 g/mol. The number of anilines is 1. The summed E-state index contributed by atoms with van der Waals surface area (Å²) < 4.78 is 32.3. The Morgan fingerprint density at radius 2 is 1.78 bits per heavy atom. The van der Waals surface area contributed by atoms with Crippen LogP contribution < -0.4 is 14.4 Å². The van der Waals surface area contributed by atoms with Crippen molar-refractivity contribution >= 4 is 21.6 Å². The second kappa shape index (κ2) is 9.94. The summed E-state index contributed by atoms with van der Waals surface area (Å²) in [4.78, 5) is 12.8. The molecule has 0 fully saturated rings. The van der Waals surface area contributed by atoms with E-state index in [1.54, 1.807) is 12.1 Å². The van der Waals surface area contributed by atoms with E-state index in [9.17, 15) is 13.2 Å². The van der Waals surface area contributed by atoms with E-state index in [4.69, 9.17) is 4.74 Å². The Hall–Kier alpha value is -2.54. The molecular formula is C25H34N2O4S. The summed E-state index contributed by atoms with van der Waals surface area (Å²) in [7, 11) is -3.43. The van der Waals surface area contributed by atoms with Crippen LogP contribution >= 0.6 is 0 Å². The van der Waals surface area contributed by atoms with Gasteiger partial charge in [0.1, 0.15) is 11.4 Å². The first-order valence-electron chi connectivity index (χ1n) is 11.3. The van der Waals surface area contributed by atoms with Crippen LogP contribution in [0.4, 0.5) is 5.69 Å². The van der Waals surface area contributed by atoms with Gasteiger partial charge in [0.25, 0.3) is 0 Å². The number of para-hydroxylation sites is 1. The summed E-state index contributed by atoms with van der Waals surface area (Å²) in [6, 6.07) is 15.1. The van der Waals surface area contributed by atoms with Crippen molar-refractivity contribution in [1.29, 1.82) is 0 Å². The molecule has 7 heteroatoms. The van der Waals surface area contributed by atoms with Crippen molar-refractivity contribution in [3.05, 3.63) is 59.7 Å². The number of carbonyl (C=O) groups is 1. The molecule has 0 aromatic heterocycles. The second-order valence-corrected chi connectivity index (χ2v) is 10.5. The number of benzene rings is 2. The van der Waals surface area contributed by atoms with E-state index >= 15 is 0 Å². The van der Waals surface area contributed by atoms with Crippen LogP contribution in [0, 0.1) is 6.92 Å². The summed E-state index contributed by atoms with van der Waals surface area (Å²) >= 11 is 0. The van der Waals surface area contributed by atoms with Crippen molar-refractivity contribution in [2.24, 2.45) is 0 Å². The molecule has 1 aliphatic rings. The molecule has 2 aromatic carbocycles. The van der Waals surface area contributed by atoms with Gasteiger partial charge in [0, 0.05) is 24.9 Å². The normalized spacial score (nSPS) is 17.2. The van der Waals surface area contributed by atoms with Gasteiger partial charge in [-0.25, -0.2) is 8.42 Å². The van der Waals surface area contributed by atoms with Crippen LogP contribution in [0.5, 0.6) is 5.75 Å². The fourth-order valence-electron chi connectivity index (χ4n) is 4.28. The Kier molecular flexibility index (Phi) is 7.49. The van der Waals surface area contributed by atoms with Gasteiger partial charge in [-0.1, -0.05) is 49.7 Å². The Morgan fingerprint density at radius 3 is 2.41 bits per heavy atom. The molecule has 1 heterocycles. The Balaban J connectivity index is 1.65. The molecule has 0 saturated carbocycles. The Labute approximate surface area is 192 Å². The smallest absolute Gasteiger partial charge is 0.232 e. The number of rotatable bonds is 9. The van der Waals surface area contributed by atoms with Gasteiger partial charge in [0.05, 0.1) is 18.0 Å². The standard InChI is InChI=1S/C25H34N2O4S/c1-5-25(6-2)18-22(21-10-7-8-11-23(21)31-25)26-24(28)12-9-17-27(32(4,29)30)20-15-13-19(3)14-16-20/h7-8,10-11,13-16,22H,5-6,9,12,17-18H2,1-4H3,(H,26,28)/t22-/m0/s1. The van der Waals surface area contributed by atoms with Crippen molar-refractivity contribution in [1.82, 2.24) is 5.32 Å². The monoisotopic (exact) mass is 458 g/mol. The van der Waals surface area contributed by atoms with Gasteiger partial charge in [0.15, 0.2) is 0 Å². The average Bonchev–Trinajstić information content (AvgIpc) is 2.76. The number of nitrogens with zero attached hydrogens (tertiary/aromatic N) is 1. The molecule has 0 saturated heterocycles. The topological polar surface area (TPSA) is 75.7 Å². The highest BCUT2D eigenvalue weighted by Crippen LogP contribution is 2.42. The van der Waals surface area contributed by atoms with Crippen LogP contribution in [-0.2, 0) is 14.8 Å². The van der Waals surface area contributed by atoms with E-state index in [0.717, 1.165) is 36.1 Å². The SMILES string of the molecule is CCC1(CC)C[C@H](NC(=O)CCCN(c2ccc(C)cc2)S(C)(=O)=O)c2ccccc2O1. The van der Waals surface area contributed by atoms with Crippen LogP contribution in [0.1, 0.15) is 63.1 Å². The third-order valence-corrected chi connectivity index (χ3v) is 7.50. The summed E-state index contributed by atoms with van der Waals surface area (Å²) in [5, 5.41) is 3.17. The van der Waals surface area contributed by atoms with E-state index < -0.39 is 10.0 Å². The third-order valence-electron chi connectivity index (χ3n) is 6.31. The van der Waals surface area contributed by atoms with Crippen molar-refractivity contribution in [3.8, 4) is 5.75 Å². The van der Waals surface area contributed by atoms with Crippen molar-refractivity contribution in [3.63, 3.8) is 0 Å². The fraction of sp³-hybridized carbons (Fsp3) is 0.480. The molecule has 0 radical (unpaired) electrons. The minimum atomic E-state index is -3.43. The molecule has 0 bridgehead atoms. The maximum absolute atomic E-state index is 12.8. The number of nitrogens with one attached hydrogen (secondary N) is 1. The molecule has 174 valence electrons. The maximum atomic E-state index is 12.8. The second-order valence-electron chi connectivity index (χ2n) is 8.63. The molecule has 1 N–H and O–H groups in total. The number of hydrogen-bond acceptors (Lipinski definition) is 4. The lowest BCUT2D eigenvalue weighted by molar-refractivity contribution is -0.122. The predicted molar refractivity (Wildman–Crippen MR) is 128 cm³/mol. The summed E-state index contributed by atoms with van der Waals surface area (Å²) in [5.74, 6) is 0.750. The molecular weight excluding hydrogens is 424 g/mol. The molecule has 1 atom stereocenters. The van der Waals surface area contributed by atoms with E-state index in [1.807, 2.05) is 43.3 Å². The zero-order chi connectivity index (χ0) is 23.4. The van der Waals surface area contributed by atoms with Crippen LogP contribution in [0.3, 0.4) is 0 Å². The number of amides is 1. The number of hydrogen-bond donors (Lipinski definition) is 1. The van der Waals surface area contributed by atoms with Gasteiger partial charge in [-0.2, -0.15) is 0 Å². The molecule has 0 unspecified atom stereocenters. The van der Waals surface area contributed by atoms with Gasteiger partial charge in [-0.05, 0) is 44.4 Å². The molecule has 2 aromatic rings. The van der Waals surface area contributed by atoms with E-state index in [-0.39, 0.29) is 30.5 Å².